The largest absolute Gasteiger partial charge is 0.496 e. The lowest BCUT2D eigenvalue weighted by atomic mass is 10.1. The van der Waals surface area contributed by atoms with Crippen LogP contribution in [0.15, 0.2) is 52.9 Å². The number of halogens is 1. The minimum absolute atomic E-state index is 0.0183. The fourth-order valence-corrected chi connectivity index (χ4v) is 4.44. The fraction of sp³-hybridized carbons (Fsp3) is 0.238. The Labute approximate surface area is 190 Å². The van der Waals surface area contributed by atoms with E-state index in [1.165, 1.54) is 44.6 Å². The number of hydrogen-bond donors (Lipinski definition) is 1. The SMILES string of the molecule is COCOc1ccc(OC)c(/C=C2\CNC(=O)CN(S(=O)(=O)c3ccc(Cl)cc3)C2=O)c1. The van der Waals surface area contributed by atoms with Crippen LogP contribution in [0.5, 0.6) is 11.5 Å². The summed E-state index contributed by atoms with van der Waals surface area (Å²) < 4.78 is 42.4. The van der Waals surface area contributed by atoms with Crippen LogP contribution in [0, 0.1) is 0 Å². The second-order valence-corrected chi connectivity index (χ2v) is 8.97. The molecule has 9 nitrogen and oxygen atoms in total. The second kappa shape index (κ2) is 10.0. The Morgan fingerprint density at radius 3 is 2.50 bits per heavy atom. The van der Waals surface area contributed by atoms with Gasteiger partial charge < -0.3 is 19.5 Å². The molecule has 1 aliphatic rings. The standard InChI is InChI=1S/C21H21ClN2O7S/c1-29-13-31-17-5-8-19(30-2)14(10-17)9-15-11-23-20(25)12-24(21(15)26)32(27,28)18-6-3-16(22)4-7-18/h3-10H,11-13H2,1-2H3,(H,23,25)/b15-9+. The van der Waals surface area contributed by atoms with E-state index in [-0.39, 0.29) is 23.8 Å². The molecular weight excluding hydrogens is 460 g/mol. The molecule has 3 rings (SSSR count). The topological polar surface area (TPSA) is 111 Å². The third-order valence-corrected chi connectivity index (χ3v) is 6.54. The summed E-state index contributed by atoms with van der Waals surface area (Å²) in [5.74, 6) is -0.556. The van der Waals surface area contributed by atoms with Crippen LogP contribution in [-0.4, -0.2) is 58.6 Å². The Balaban J connectivity index is 2.02. The number of nitrogens with one attached hydrogen (secondary N) is 1. The molecule has 0 aliphatic carbocycles. The third kappa shape index (κ3) is 5.21. The van der Waals surface area contributed by atoms with E-state index in [2.05, 4.69) is 5.32 Å². The van der Waals surface area contributed by atoms with Gasteiger partial charge in [0.25, 0.3) is 15.9 Å². The summed E-state index contributed by atoms with van der Waals surface area (Å²) >= 11 is 5.83. The van der Waals surface area contributed by atoms with Gasteiger partial charge in [-0.1, -0.05) is 11.6 Å². The van der Waals surface area contributed by atoms with Crippen LogP contribution in [0.25, 0.3) is 6.08 Å². The monoisotopic (exact) mass is 480 g/mol. The molecule has 0 bridgehead atoms. The van der Waals surface area contributed by atoms with Gasteiger partial charge in [0, 0.05) is 29.8 Å². The third-order valence-electron chi connectivity index (χ3n) is 4.54. The van der Waals surface area contributed by atoms with Crippen LogP contribution in [-0.2, 0) is 24.3 Å². The van der Waals surface area contributed by atoms with Crippen molar-refractivity contribution in [3.63, 3.8) is 0 Å². The molecule has 0 aromatic heterocycles. The number of amides is 2. The van der Waals surface area contributed by atoms with Crippen LogP contribution in [0.1, 0.15) is 5.56 Å². The molecule has 2 aromatic carbocycles. The van der Waals surface area contributed by atoms with Crippen LogP contribution >= 0.6 is 11.6 Å². The van der Waals surface area contributed by atoms with Gasteiger partial charge in [-0.2, -0.15) is 0 Å². The van der Waals surface area contributed by atoms with Gasteiger partial charge in [0.05, 0.1) is 12.0 Å². The maximum atomic E-state index is 13.2. The molecule has 0 saturated carbocycles. The number of benzene rings is 2. The Kier molecular flexibility index (Phi) is 7.39. The van der Waals surface area contributed by atoms with Gasteiger partial charge in [-0.15, -0.1) is 0 Å². The van der Waals surface area contributed by atoms with E-state index in [0.29, 0.717) is 26.4 Å². The van der Waals surface area contributed by atoms with Crippen molar-refractivity contribution in [1.82, 2.24) is 9.62 Å². The highest BCUT2D eigenvalue weighted by Gasteiger charge is 2.35. The summed E-state index contributed by atoms with van der Waals surface area (Å²) in [6.07, 6.45) is 1.46. The van der Waals surface area contributed by atoms with E-state index in [1.54, 1.807) is 18.2 Å². The summed E-state index contributed by atoms with van der Waals surface area (Å²) in [6, 6.07) is 10.2. The zero-order valence-electron chi connectivity index (χ0n) is 17.3. The van der Waals surface area contributed by atoms with Crippen LogP contribution in [0.4, 0.5) is 0 Å². The predicted octanol–water partition coefficient (Wildman–Crippen LogP) is 2.06. The highest BCUT2D eigenvalue weighted by molar-refractivity contribution is 7.89. The quantitative estimate of drug-likeness (QED) is 0.477. The molecule has 170 valence electrons. The molecule has 32 heavy (non-hydrogen) atoms. The minimum Gasteiger partial charge on any atom is -0.496 e. The smallest absolute Gasteiger partial charge is 0.267 e. The van der Waals surface area contributed by atoms with Gasteiger partial charge in [0.15, 0.2) is 6.79 Å². The molecule has 0 radical (unpaired) electrons. The minimum atomic E-state index is -4.29. The molecule has 1 saturated heterocycles. The number of sulfonamides is 1. The van der Waals surface area contributed by atoms with E-state index in [9.17, 15) is 18.0 Å². The highest BCUT2D eigenvalue weighted by Crippen LogP contribution is 2.28. The second-order valence-electron chi connectivity index (χ2n) is 6.67. The lowest BCUT2D eigenvalue weighted by molar-refractivity contribution is -0.127. The van der Waals surface area contributed by atoms with Gasteiger partial charge in [-0.3, -0.25) is 9.59 Å². The number of hydrogen-bond acceptors (Lipinski definition) is 7. The molecule has 0 unspecified atom stereocenters. The highest BCUT2D eigenvalue weighted by atomic mass is 35.5. The Hall–Kier alpha value is -3.08. The fourth-order valence-electron chi connectivity index (χ4n) is 2.96. The number of carbonyl (C=O) groups excluding carboxylic acids is 2. The number of rotatable bonds is 7. The lowest BCUT2D eigenvalue weighted by Crippen LogP contribution is -2.40. The van der Waals surface area contributed by atoms with E-state index in [0.717, 1.165) is 0 Å². The van der Waals surface area contributed by atoms with Gasteiger partial charge in [-0.25, -0.2) is 12.7 Å². The van der Waals surface area contributed by atoms with Gasteiger partial charge >= 0.3 is 0 Å². The van der Waals surface area contributed by atoms with E-state index in [4.69, 9.17) is 25.8 Å². The van der Waals surface area contributed by atoms with Crippen molar-refractivity contribution in [2.24, 2.45) is 0 Å². The molecule has 2 aromatic rings. The maximum absolute atomic E-state index is 13.2. The first-order valence-electron chi connectivity index (χ1n) is 9.36. The van der Waals surface area contributed by atoms with Crippen LogP contribution < -0.4 is 14.8 Å². The molecule has 0 atom stereocenters. The van der Waals surface area contributed by atoms with Crippen molar-refractivity contribution in [3.8, 4) is 11.5 Å². The van der Waals surface area contributed by atoms with Crippen molar-refractivity contribution in [1.29, 1.82) is 0 Å². The molecular formula is C21H21ClN2O7S. The molecule has 1 heterocycles. The lowest BCUT2D eigenvalue weighted by Gasteiger charge is -2.20. The molecule has 1 fully saturated rings. The van der Waals surface area contributed by atoms with Crippen molar-refractivity contribution < 1.29 is 32.2 Å². The Bertz CT molecular complexity index is 1150. The van der Waals surface area contributed by atoms with E-state index < -0.39 is 28.4 Å². The molecule has 11 heteroatoms. The van der Waals surface area contributed by atoms with Crippen LogP contribution in [0.2, 0.25) is 5.02 Å². The van der Waals surface area contributed by atoms with Gasteiger partial charge in [0.1, 0.15) is 18.0 Å². The number of methoxy groups -OCH3 is 2. The van der Waals surface area contributed by atoms with Gasteiger partial charge in [-0.05, 0) is 48.5 Å². The summed E-state index contributed by atoms with van der Waals surface area (Å²) in [5, 5.41) is 2.89. The van der Waals surface area contributed by atoms with Crippen molar-refractivity contribution >= 4 is 39.5 Å². The summed E-state index contributed by atoms with van der Waals surface area (Å²) in [5.41, 5.74) is 0.514. The van der Waals surface area contributed by atoms with Crippen molar-refractivity contribution in [2.45, 2.75) is 4.90 Å². The normalized spacial score (nSPS) is 16.0. The Morgan fingerprint density at radius 1 is 1.12 bits per heavy atom. The number of nitrogens with zero attached hydrogens (tertiary/aromatic N) is 1. The first kappa shape index (κ1) is 23.6. The molecule has 0 spiro atoms. The van der Waals surface area contributed by atoms with E-state index in [1.807, 2.05) is 0 Å². The maximum Gasteiger partial charge on any atom is 0.267 e. The summed E-state index contributed by atoms with van der Waals surface area (Å²) in [4.78, 5) is 25.2. The zero-order chi connectivity index (χ0) is 23.3. The Morgan fingerprint density at radius 2 is 1.84 bits per heavy atom. The molecule has 2 amide bonds. The zero-order valence-corrected chi connectivity index (χ0v) is 18.9. The number of ether oxygens (including phenoxy) is 3. The van der Waals surface area contributed by atoms with E-state index >= 15 is 0 Å². The first-order chi connectivity index (χ1) is 15.3. The first-order valence-corrected chi connectivity index (χ1v) is 11.2. The van der Waals surface area contributed by atoms with Crippen molar-refractivity contribution in [3.05, 3.63) is 58.6 Å². The molecule has 1 N–H and O–H groups in total. The van der Waals surface area contributed by atoms with Gasteiger partial charge in [0.2, 0.25) is 5.91 Å². The summed E-state index contributed by atoms with van der Waals surface area (Å²) in [6.45, 7) is -0.781. The number of carbonyl (C=O) groups is 2. The molecule has 1 aliphatic heterocycles. The summed E-state index contributed by atoms with van der Waals surface area (Å²) in [7, 11) is -1.35. The average Bonchev–Trinajstić information content (AvgIpc) is 2.92. The average molecular weight is 481 g/mol. The van der Waals surface area contributed by atoms with Crippen LogP contribution in [0.3, 0.4) is 0 Å². The predicted molar refractivity (Wildman–Crippen MR) is 117 cm³/mol. The van der Waals surface area contributed by atoms with Crippen molar-refractivity contribution in [2.75, 3.05) is 34.1 Å².